The summed E-state index contributed by atoms with van der Waals surface area (Å²) in [6.07, 6.45) is 4.32. The van der Waals surface area contributed by atoms with Gasteiger partial charge in [0, 0.05) is 5.69 Å². The van der Waals surface area contributed by atoms with Crippen LogP contribution in [0.2, 0.25) is 0 Å². The van der Waals surface area contributed by atoms with E-state index in [1.54, 1.807) is 12.0 Å². The third kappa shape index (κ3) is 1.74. The quantitative estimate of drug-likeness (QED) is 0.829. The molecular formula is C15H19NO3. The van der Waals surface area contributed by atoms with E-state index in [2.05, 4.69) is 0 Å². The zero-order valence-electron chi connectivity index (χ0n) is 11.1. The summed E-state index contributed by atoms with van der Waals surface area (Å²) in [6.45, 7) is 0. The molecule has 1 atom stereocenters. The first-order chi connectivity index (χ1) is 9.19. The lowest BCUT2D eigenvalue weighted by molar-refractivity contribution is -0.146. The zero-order chi connectivity index (χ0) is 13.5. The fourth-order valence-electron chi connectivity index (χ4n) is 3.40. The molecule has 4 heteroatoms. The molecule has 3 rings (SSSR count). The molecule has 0 bridgehead atoms. The van der Waals surface area contributed by atoms with Crippen LogP contribution in [0.5, 0.6) is 5.75 Å². The molecule has 1 aromatic carbocycles. The number of aliphatic hydroxyl groups excluding tert-OH is 1. The summed E-state index contributed by atoms with van der Waals surface area (Å²) in [4.78, 5) is 13.8. The molecule has 0 aromatic heterocycles. The Labute approximate surface area is 113 Å². The Morgan fingerprint density at radius 1 is 1.21 bits per heavy atom. The van der Waals surface area contributed by atoms with Crippen molar-refractivity contribution in [3.05, 3.63) is 24.3 Å². The van der Waals surface area contributed by atoms with Gasteiger partial charge in [-0.05, 0) is 37.1 Å². The SMILES string of the molecule is COc1ccc(N2C(=O)C(O)C23CCCCC3)cc1. The van der Waals surface area contributed by atoms with Crippen molar-refractivity contribution in [2.75, 3.05) is 12.0 Å². The van der Waals surface area contributed by atoms with Crippen molar-refractivity contribution in [3.63, 3.8) is 0 Å². The van der Waals surface area contributed by atoms with Crippen LogP contribution in [-0.2, 0) is 4.79 Å². The summed E-state index contributed by atoms with van der Waals surface area (Å²) >= 11 is 0. The second-order valence-corrected chi connectivity index (χ2v) is 5.44. The number of amides is 1. The second kappa shape index (κ2) is 4.53. The first kappa shape index (κ1) is 12.5. The summed E-state index contributed by atoms with van der Waals surface area (Å²) in [5, 5.41) is 10.1. The molecule has 0 radical (unpaired) electrons. The third-order valence-electron chi connectivity index (χ3n) is 4.46. The number of anilines is 1. The molecule has 1 amide bonds. The molecule has 2 fully saturated rings. The van der Waals surface area contributed by atoms with Gasteiger partial charge in [-0.1, -0.05) is 19.3 Å². The highest BCUT2D eigenvalue weighted by molar-refractivity contribution is 6.06. The number of carbonyl (C=O) groups is 1. The molecule has 1 saturated heterocycles. The maximum Gasteiger partial charge on any atom is 0.258 e. The molecule has 1 heterocycles. The lowest BCUT2D eigenvalue weighted by atomic mass is 9.69. The molecular weight excluding hydrogens is 242 g/mol. The highest BCUT2D eigenvalue weighted by Gasteiger charge is 2.59. The van der Waals surface area contributed by atoms with Gasteiger partial charge in [-0.2, -0.15) is 0 Å². The topological polar surface area (TPSA) is 49.8 Å². The van der Waals surface area contributed by atoms with Gasteiger partial charge in [0.25, 0.3) is 5.91 Å². The van der Waals surface area contributed by atoms with Gasteiger partial charge < -0.3 is 14.7 Å². The van der Waals surface area contributed by atoms with Gasteiger partial charge in [0.2, 0.25) is 0 Å². The van der Waals surface area contributed by atoms with E-state index >= 15 is 0 Å². The van der Waals surface area contributed by atoms with Crippen LogP contribution in [0.4, 0.5) is 5.69 Å². The Morgan fingerprint density at radius 2 is 1.84 bits per heavy atom. The highest BCUT2D eigenvalue weighted by atomic mass is 16.5. The van der Waals surface area contributed by atoms with Gasteiger partial charge in [0.05, 0.1) is 12.6 Å². The molecule has 1 spiro atoms. The summed E-state index contributed by atoms with van der Waals surface area (Å²) < 4.78 is 5.13. The maximum atomic E-state index is 12.0. The van der Waals surface area contributed by atoms with E-state index in [4.69, 9.17) is 4.74 Å². The summed E-state index contributed by atoms with van der Waals surface area (Å²) in [6, 6.07) is 7.48. The number of methoxy groups -OCH3 is 1. The molecule has 1 aliphatic carbocycles. The number of hydrogen-bond donors (Lipinski definition) is 1. The van der Waals surface area contributed by atoms with E-state index < -0.39 is 6.10 Å². The smallest absolute Gasteiger partial charge is 0.258 e. The normalized spacial score (nSPS) is 25.3. The fraction of sp³-hybridized carbons (Fsp3) is 0.533. The Bertz CT molecular complexity index is 477. The van der Waals surface area contributed by atoms with Gasteiger partial charge in [0.1, 0.15) is 5.75 Å². The van der Waals surface area contributed by atoms with Gasteiger partial charge in [-0.15, -0.1) is 0 Å². The van der Waals surface area contributed by atoms with Crippen molar-refractivity contribution in [1.82, 2.24) is 0 Å². The lowest BCUT2D eigenvalue weighted by Crippen LogP contribution is -2.75. The minimum absolute atomic E-state index is 0.174. The number of benzene rings is 1. The summed E-state index contributed by atoms with van der Waals surface area (Å²) in [5.74, 6) is 0.599. The van der Waals surface area contributed by atoms with Crippen LogP contribution in [0.1, 0.15) is 32.1 Å². The number of rotatable bonds is 2. The molecule has 1 saturated carbocycles. The predicted octanol–water partition coefficient (Wildman–Crippen LogP) is 2.11. The van der Waals surface area contributed by atoms with Gasteiger partial charge in [0.15, 0.2) is 6.10 Å². The molecule has 1 aromatic rings. The van der Waals surface area contributed by atoms with E-state index in [0.717, 1.165) is 37.1 Å². The van der Waals surface area contributed by atoms with E-state index in [1.807, 2.05) is 24.3 Å². The number of hydrogen-bond acceptors (Lipinski definition) is 3. The summed E-state index contributed by atoms with van der Waals surface area (Å²) in [5.41, 5.74) is 0.502. The monoisotopic (exact) mass is 261 g/mol. The second-order valence-electron chi connectivity index (χ2n) is 5.44. The lowest BCUT2D eigenvalue weighted by Gasteiger charge is -2.57. The van der Waals surface area contributed by atoms with E-state index in [0.29, 0.717) is 0 Å². The molecule has 2 aliphatic rings. The first-order valence-corrected chi connectivity index (χ1v) is 6.85. The zero-order valence-corrected chi connectivity index (χ0v) is 11.1. The number of aliphatic hydroxyl groups is 1. The minimum Gasteiger partial charge on any atom is -0.497 e. The number of β-lactam (4-membered cyclic amide) rings is 1. The Kier molecular flexibility index (Phi) is 2.97. The van der Waals surface area contributed by atoms with Gasteiger partial charge >= 0.3 is 0 Å². The number of ether oxygens (including phenoxy) is 1. The van der Waals surface area contributed by atoms with Crippen LogP contribution in [0.25, 0.3) is 0 Å². The molecule has 102 valence electrons. The van der Waals surface area contributed by atoms with E-state index in [9.17, 15) is 9.90 Å². The van der Waals surface area contributed by atoms with Gasteiger partial charge in [-0.25, -0.2) is 0 Å². The molecule has 1 N–H and O–H groups in total. The summed E-state index contributed by atoms with van der Waals surface area (Å²) in [7, 11) is 1.62. The van der Waals surface area contributed by atoms with Crippen molar-refractivity contribution in [3.8, 4) is 5.75 Å². The average molecular weight is 261 g/mol. The Balaban J connectivity index is 1.91. The maximum absolute atomic E-state index is 12.0. The number of nitrogens with zero attached hydrogens (tertiary/aromatic N) is 1. The van der Waals surface area contributed by atoms with Gasteiger partial charge in [-0.3, -0.25) is 4.79 Å². The molecule has 1 unspecified atom stereocenters. The van der Waals surface area contributed by atoms with E-state index in [-0.39, 0.29) is 11.4 Å². The van der Waals surface area contributed by atoms with Crippen LogP contribution in [-0.4, -0.2) is 29.8 Å². The third-order valence-corrected chi connectivity index (χ3v) is 4.46. The van der Waals surface area contributed by atoms with Crippen molar-refractivity contribution in [1.29, 1.82) is 0 Å². The molecule has 1 aliphatic heterocycles. The van der Waals surface area contributed by atoms with Crippen LogP contribution in [0, 0.1) is 0 Å². The highest BCUT2D eigenvalue weighted by Crippen LogP contribution is 2.46. The molecule has 19 heavy (non-hydrogen) atoms. The first-order valence-electron chi connectivity index (χ1n) is 6.85. The average Bonchev–Trinajstić information content (AvgIpc) is 2.48. The van der Waals surface area contributed by atoms with Crippen LogP contribution < -0.4 is 9.64 Å². The predicted molar refractivity (Wildman–Crippen MR) is 72.3 cm³/mol. The minimum atomic E-state index is -0.824. The largest absolute Gasteiger partial charge is 0.497 e. The van der Waals surface area contributed by atoms with Crippen molar-refractivity contribution in [2.24, 2.45) is 0 Å². The standard InChI is InChI=1S/C15H19NO3/c1-19-12-7-5-11(6-8-12)16-14(18)13(17)15(16)9-3-2-4-10-15/h5-8,13,17H,2-4,9-10H2,1H3. The Morgan fingerprint density at radius 3 is 2.42 bits per heavy atom. The van der Waals surface area contributed by atoms with Crippen LogP contribution >= 0.6 is 0 Å². The fourth-order valence-corrected chi connectivity index (χ4v) is 3.40. The van der Waals surface area contributed by atoms with Crippen LogP contribution in [0.15, 0.2) is 24.3 Å². The van der Waals surface area contributed by atoms with E-state index in [1.165, 1.54) is 6.42 Å². The molecule has 4 nitrogen and oxygen atoms in total. The van der Waals surface area contributed by atoms with Crippen molar-refractivity contribution < 1.29 is 14.6 Å². The van der Waals surface area contributed by atoms with Crippen LogP contribution in [0.3, 0.4) is 0 Å². The Hall–Kier alpha value is -1.55. The number of carbonyl (C=O) groups excluding carboxylic acids is 1. The van der Waals surface area contributed by atoms with Crippen molar-refractivity contribution in [2.45, 2.75) is 43.7 Å². The van der Waals surface area contributed by atoms with Crippen molar-refractivity contribution >= 4 is 11.6 Å².